The number of benzene rings is 2. The number of para-hydroxylation sites is 2. The van der Waals surface area contributed by atoms with Gasteiger partial charge in [-0.1, -0.05) is 42.5 Å². The maximum absolute atomic E-state index is 13.3. The molecule has 2 aromatic carbocycles. The first-order valence-corrected chi connectivity index (χ1v) is 11.4. The maximum atomic E-state index is 13.3. The Balaban J connectivity index is 1.42. The molecule has 0 bridgehead atoms. The van der Waals surface area contributed by atoms with Crippen LogP contribution in [0, 0.1) is 6.92 Å². The van der Waals surface area contributed by atoms with Crippen LogP contribution in [-0.2, 0) is 11.3 Å². The Kier molecular flexibility index (Phi) is 5.07. The van der Waals surface area contributed by atoms with Gasteiger partial charge in [0.05, 0.1) is 31.0 Å². The third kappa shape index (κ3) is 3.52. The highest BCUT2D eigenvalue weighted by Crippen LogP contribution is 2.27. The number of aryl methyl sites for hydroxylation is 1. The first-order valence-electron chi connectivity index (χ1n) is 11.4. The van der Waals surface area contributed by atoms with Crippen LogP contribution in [-0.4, -0.2) is 50.8 Å². The third-order valence-corrected chi connectivity index (χ3v) is 6.30. The van der Waals surface area contributed by atoms with Gasteiger partial charge < -0.3 is 9.64 Å². The van der Waals surface area contributed by atoms with Crippen molar-refractivity contribution in [2.24, 2.45) is 0 Å². The molecule has 3 aliphatic rings. The van der Waals surface area contributed by atoms with E-state index in [2.05, 4.69) is 21.0 Å². The number of ether oxygens (including phenoxy) is 1. The number of morpholine rings is 1. The molecule has 0 atom stereocenters. The van der Waals surface area contributed by atoms with Crippen LogP contribution in [0.25, 0.3) is 28.0 Å². The molecule has 3 aliphatic heterocycles. The van der Waals surface area contributed by atoms with Crippen molar-refractivity contribution >= 4 is 16.7 Å². The van der Waals surface area contributed by atoms with E-state index >= 15 is 0 Å². The molecular formula is C26H24N6O2. The van der Waals surface area contributed by atoms with E-state index in [1.807, 2.05) is 72.4 Å². The van der Waals surface area contributed by atoms with Gasteiger partial charge in [-0.3, -0.25) is 9.48 Å². The topological polar surface area (TPSA) is 78.1 Å². The van der Waals surface area contributed by atoms with Crippen LogP contribution in [0.2, 0.25) is 0 Å². The van der Waals surface area contributed by atoms with Gasteiger partial charge in [-0.15, -0.1) is 0 Å². The predicted molar refractivity (Wildman–Crippen MR) is 131 cm³/mol. The summed E-state index contributed by atoms with van der Waals surface area (Å²) in [5, 5.41) is 10.3. The van der Waals surface area contributed by atoms with E-state index in [0.717, 1.165) is 59.8 Å². The van der Waals surface area contributed by atoms with E-state index < -0.39 is 0 Å². The first-order chi connectivity index (χ1) is 16.7. The Morgan fingerprint density at radius 3 is 2.50 bits per heavy atom. The van der Waals surface area contributed by atoms with Crippen molar-refractivity contribution in [2.45, 2.75) is 13.5 Å². The van der Waals surface area contributed by atoms with Gasteiger partial charge in [0.25, 0.3) is 0 Å². The fourth-order valence-corrected chi connectivity index (χ4v) is 4.49. The molecule has 170 valence electrons. The van der Waals surface area contributed by atoms with Crippen molar-refractivity contribution in [1.82, 2.24) is 24.5 Å². The van der Waals surface area contributed by atoms with Crippen molar-refractivity contribution in [3.63, 3.8) is 0 Å². The largest absolute Gasteiger partial charge is 0.378 e. The number of hydrogen-bond donors (Lipinski definition) is 0. The van der Waals surface area contributed by atoms with Crippen LogP contribution in [0.15, 0.2) is 71.7 Å². The summed E-state index contributed by atoms with van der Waals surface area (Å²) in [6.45, 7) is 5.62. The number of rotatable bonds is 4. The predicted octanol–water partition coefficient (Wildman–Crippen LogP) is 3.28. The molecule has 6 rings (SSSR count). The van der Waals surface area contributed by atoms with Crippen LogP contribution >= 0.6 is 0 Å². The minimum atomic E-state index is -0.218. The molecule has 0 unspecified atom stereocenters. The van der Waals surface area contributed by atoms with Gasteiger partial charge >= 0.3 is 5.56 Å². The lowest BCUT2D eigenvalue weighted by Crippen LogP contribution is -2.36. The molecule has 0 radical (unpaired) electrons. The summed E-state index contributed by atoms with van der Waals surface area (Å²) in [5.74, 6) is 0.951. The van der Waals surface area contributed by atoms with Gasteiger partial charge in [0.1, 0.15) is 11.5 Å². The first kappa shape index (κ1) is 20.6. The van der Waals surface area contributed by atoms with Gasteiger partial charge in [-0.2, -0.15) is 14.9 Å². The molecule has 0 saturated carbocycles. The number of pyridine rings is 1. The molecule has 8 heteroatoms. The summed E-state index contributed by atoms with van der Waals surface area (Å²) in [6.07, 6.45) is 1.88. The molecule has 1 saturated heterocycles. The van der Waals surface area contributed by atoms with Crippen LogP contribution in [0.3, 0.4) is 0 Å². The average Bonchev–Trinajstić information content (AvgIpc) is 3.21. The molecular weight excluding hydrogens is 428 g/mol. The van der Waals surface area contributed by atoms with Gasteiger partial charge in [0.2, 0.25) is 0 Å². The normalized spacial score (nSPS) is 14.2. The van der Waals surface area contributed by atoms with E-state index in [1.165, 1.54) is 4.68 Å². The Labute approximate surface area is 196 Å². The van der Waals surface area contributed by atoms with Crippen molar-refractivity contribution in [2.75, 3.05) is 31.2 Å². The van der Waals surface area contributed by atoms with Crippen LogP contribution in [0.4, 0.5) is 5.82 Å². The molecule has 1 fully saturated rings. The Morgan fingerprint density at radius 1 is 0.912 bits per heavy atom. The lowest BCUT2D eigenvalue weighted by atomic mass is 10.1. The number of aromatic nitrogens is 5. The minimum Gasteiger partial charge on any atom is -0.378 e. The molecule has 0 spiro atoms. The Bertz CT molecular complexity index is 1500. The fraction of sp³-hybridized carbons (Fsp3) is 0.231. The molecule has 0 amide bonds. The summed E-state index contributed by atoms with van der Waals surface area (Å²) in [5.41, 5.74) is 4.44. The third-order valence-electron chi connectivity index (χ3n) is 6.30. The van der Waals surface area contributed by atoms with E-state index in [1.54, 1.807) is 0 Å². The van der Waals surface area contributed by atoms with Crippen molar-refractivity contribution in [3.8, 4) is 17.1 Å². The lowest BCUT2D eigenvalue weighted by Gasteiger charge is -2.27. The van der Waals surface area contributed by atoms with E-state index in [-0.39, 0.29) is 5.56 Å². The lowest BCUT2D eigenvalue weighted by molar-refractivity contribution is 0.122. The van der Waals surface area contributed by atoms with Gasteiger partial charge in [-0.25, -0.2) is 4.98 Å². The Hall–Kier alpha value is -4.04. The molecule has 0 aliphatic carbocycles. The fourth-order valence-electron chi connectivity index (χ4n) is 4.49. The van der Waals surface area contributed by atoms with E-state index in [0.29, 0.717) is 17.9 Å². The van der Waals surface area contributed by atoms with Crippen molar-refractivity contribution in [1.29, 1.82) is 0 Å². The summed E-state index contributed by atoms with van der Waals surface area (Å²) in [4.78, 5) is 20.2. The number of nitrogens with zero attached hydrogens (tertiary/aromatic N) is 6. The molecule has 4 heterocycles. The highest BCUT2D eigenvalue weighted by Gasteiger charge is 2.23. The number of anilines is 1. The summed E-state index contributed by atoms with van der Waals surface area (Å²) in [6, 6.07) is 19.8. The van der Waals surface area contributed by atoms with Crippen LogP contribution in [0.1, 0.15) is 11.1 Å². The second-order valence-electron chi connectivity index (χ2n) is 8.50. The highest BCUT2D eigenvalue weighted by atomic mass is 16.5. The summed E-state index contributed by atoms with van der Waals surface area (Å²) >= 11 is 0. The quantitative estimate of drug-likeness (QED) is 0.417. The summed E-state index contributed by atoms with van der Waals surface area (Å²) < 4.78 is 8.76. The zero-order valence-electron chi connectivity index (χ0n) is 18.9. The van der Waals surface area contributed by atoms with E-state index in [9.17, 15) is 4.79 Å². The zero-order valence-corrected chi connectivity index (χ0v) is 18.9. The van der Waals surface area contributed by atoms with Gasteiger partial charge in [-0.05, 0) is 36.2 Å². The SMILES string of the molecule is Cc1ccccc1-n1nc2c3ccccc3n(Cc3ccc(N4CCOCC4)nc3)nc-2c1=O. The molecule has 0 N–H and O–H groups in total. The smallest absolute Gasteiger partial charge is 0.301 e. The standard InChI is InChI=1S/C26H24N6O2/c1-18-6-2-4-8-21(18)32-26(33)25-24(29-32)20-7-3-5-9-22(20)31(28-25)17-19-10-11-23(27-16-19)30-12-14-34-15-13-30/h2-11,16H,12-15,17H2,1H3. The Morgan fingerprint density at radius 2 is 1.71 bits per heavy atom. The second-order valence-corrected chi connectivity index (χ2v) is 8.50. The maximum Gasteiger partial charge on any atom is 0.301 e. The molecule has 8 nitrogen and oxygen atoms in total. The van der Waals surface area contributed by atoms with Crippen molar-refractivity contribution in [3.05, 3.63) is 88.3 Å². The molecule has 34 heavy (non-hydrogen) atoms. The number of fused-ring (bicyclic) bond motifs is 3. The molecule has 1 aromatic heterocycles. The van der Waals surface area contributed by atoms with Crippen LogP contribution in [0.5, 0.6) is 0 Å². The minimum absolute atomic E-state index is 0.218. The van der Waals surface area contributed by atoms with Gasteiger partial charge in [0.15, 0.2) is 5.69 Å². The monoisotopic (exact) mass is 452 g/mol. The van der Waals surface area contributed by atoms with Gasteiger partial charge in [0, 0.05) is 24.7 Å². The summed E-state index contributed by atoms with van der Waals surface area (Å²) in [7, 11) is 0. The average molecular weight is 453 g/mol. The molecule has 3 aromatic rings. The zero-order chi connectivity index (χ0) is 23.1. The van der Waals surface area contributed by atoms with Crippen molar-refractivity contribution < 1.29 is 4.74 Å². The highest BCUT2D eigenvalue weighted by molar-refractivity contribution is 5.92. The van der Waals surface area contributed by atoms with E-state index in [4.69, 9.17) is 9.84 Å². The number of hydrogen-bond acceptors (Lipinski definition) is 6. The van der Waals surface area contributed by atoms with Crippen LogP contribution < -0.4 is 10.5 Å². The second kappa shape index (κ2) is 8.39.